The minimum Gasteiger partial charge on any atom is -0.497 e. The second-order valence-electron chi connectivity index (χ2n) is 7.15. The molecule has 0 unspecified atom stereocenters. The molecule has 0 saturated carbocycles. The van der Waals surface area contributed by atoms with Gasteiger partial charge in [0.05, 0.1) is 24.4 Å². The van der Waals surface area contributed by atoms with Crippen molar-refractivity contribution in [3.63, 3.8) is 0 Å². The zero-order chi connectivity index (χ0) is 19.3. The molecule has 0 aliphatic carbocycles. The van der Waals surface area contributed by atoms with Gasteiger partial charge in [0.15, 0.2) is 5.13 Å². The maximum atomic E-state index is 5.37. The highest BCUT2D eigenvalue weighted by Gasteiger charge is 2.17. The van der Waals surface area contributed by atoms with Crippen molar-refractivity contribution in [1.29, 1.82) is 0 Å². The van der Waals surface area contributed by atoms with E-state index in [9.17, 15) is 0 Å². The minimum absolute atomic E-state index is 0.842. The summed E-state index contributed by atoms with van der Waals surface area (Å²) in [5.41, 5.74) is 2.29. The fraction of sp³-hybridized carbons (Fsp3) is 0.409. The van der Waals surface area contributed by atoms with Crippen molar-refractivity contribution in [2.24, 2.45) is 0 Å². The van der Waals surface area contributed by atoms with Crippen LogP contribution >= 0.6 is 11.3 Å². The minimum atomic E-state index is 0.842. The van der Waals surface area contributed by atoms with Gasteiger partial charge < -0.3 is 19.3 Å². The molecule has 1 aliphatic rings. The number of methoxy groups -OCH3 is 2. The third-order valence-electron chi connectivity index (χ3n) is 5.27. The molecule has 0 amide bonds. The van der Waals surface area contributed by atoms with E-state index in [1.807, 2.05) is 24.3 Å². The van der Waals surface area contributed by atoms with E-state index in [0.717, 1.165) is 46.5 Å². The molecule has 148 valence electrons. The van der Waals surface area contributed by atoms with E-state index in [-0.39, 0.29) is 0 Å². The van der Waals surface area contributed by atoms with E-state index in [2.05, 4.69) is 28.0 Å². The molecule has 2 heterocycles. The Morgan fingerprint density at radius 3 is 2.43 bits per heavy atom. The van der Waals surface area contributed by atoms with Gasteiger partial charge in [-0.2, -0.15) is 0 Å². The third-order valence-corrected chi connectivity index (χ3v) is 6.35. The monoisotopic (exact) mass is 397 g/mol. The first kappa shape index (κ1) is 19.0. The molecule has 1 aliphatic heterocycles. The van der Waals surface area contributed by atoms with E-state index in [0.29, 0.717) is 0 Å². The van der Waals surface area contributed by atoms with Gasteiger partial charge in [-0.25, -0.2) is 4.98 Å². The van der Waals surface area contributed by atoms with Gasteiger partial charge in [-0.15, -0.1) is 0 Å². The summed E-state index contributed by atoms with van der Waals surface area (Å²) in [4.78, 5) is 9.86. The van der Waals surface area contributed by atoms with Crippen molar-refractivity contribution in [3.05, 3.63) is 48.0 Å². The highest BCUT2D eigenvalue weighted by atomic mass is 32.1. The molecule has 5 nitrogen and oxygen atoms in total. The molecular formula is C22H27N3O2S. The summed E-state index contributed by atoms with van der Waals surface area (Å²) in [6.07, 6.45) is 2.64. The first-order chi connectivity index (χ1) is 13.7. The van der Waals surface area contributed by atoms with Crippen LogP contribution in [-0.4, -0.2) is 50.3 Å². The number of anilines is 1. The van der Waals surface area contributed by atoms with Crippen molar-refractivity contribution in [1.82, 2.24) is 9.88 Å². The molecule has 0 N–H and O–H groups in total. The lowest BCUT2D eigenvalue weighted by Gasteiger charge is -2.25. The number of likely N-dealkylation sites (tertiary alicyclic amines) is 1. The Morgan fingerprint density at radius 1 is 1.00 bits per heavy atom. The SMILES string of the molecule is COc1ccc(CN(CCN2CCCC2)c2nc3ccc(OC)cc3s2)cc1. The molecule has 1 fully saturated rings. The number of fused-ring (bicyclic) bond motifs is 1. The maximum absolute atomic E-state index is 5.37. The molecule has 4 rings (SSSR count). The molecule has 0 atom stereocenters. The predicted octanol–water partition coefficient (Wildman–Crippen LogP) is 4.42. The molecule has 1 aromatic heterocycles. The Bertz CT molecular complexity index is 904. The second kappa shape index (κ2) is 8.80. The van der Waals surface area contributed by atoms with Gasteiger partial charge >= 0.3 is 0 Å². The average molecular weight is 398 g/mol. The quantitative estimate of drug-likeness (QED) is 0.563. The molecule has 1 saturated heterocycles. The van der Waals surface area contributed by atoms with Crippen LogP contribution in [0.15, 0.2) is 42.5 Å². The van der Waals surface area contributed by atoms with Crippen molar-refractivity contribution in [2.45, 2.75) is 19.4 Å². The number of hydrogen-bond acceptors (Lipinski definition) is 6. The molecule has 0 bridgehead atoms. The standard InChI is InChI=1S/C22H27N3O2S/c1-26-18-7-5-17(6-8-18)16-25(14-13-24-11-3-4-12-24)22-23-20-10-9-19(27-2)15-21(20)28-22/h5-10,15H,3-4,11-14,16H2,1-2H3. The van der Waals surface area contributed by atoms with Crippen LogP contribution in [-0.2, 0) is 6.54 Å². The van der Waals surface area contributed by atoms with Crippen molar-refractivity contribution < 1.29 is 9.47 Å². The summed E-state index contributed by atoms with van der Waals surface area (Å²) < 4.78 is 11.8. The van der Waals surface area contributed by atoms with E-state index >= 15 is 0 Å². The lowest BCUT2D eigenvalue weighted by molar-refractivity contribution is 0.344. The first-order valence-electron chi connectivity index (χ1n) is 9.80. The van der Waals surface area contributed by atoms with Gasteiger partial charge in [0.2, 0.25) is 0 Å². The van der Waals surface area contributed by atoms with Crippen LogP contribution in [0.4, 0.5) is 5.13 Å². The van der Waals surface area contributed by atoms with Crippen LogP contribution in [0.25, 0.3) is 10.2 Å². The number of nitrogens with zero attached hydrogens (tertiary/aromatic N) is 3. The van der Waals surface area contributed by atoms with E-state index in [1.165, 1.54) is 31.5 Å². The third kappa shape index (κ3) is 4.39. The number of ether oxygens (including phenoxy) is 2. The van der Waals surface area contributed by atoms with E-state index in [1.54, 1.807) is 25.6 Å². The second-order valence-corrected chi connectivity index (χ2v) is 8.16. The molecule has 0 spiro atoms. The van der Waals surface area contributed by atoms with E-state index < -0.39 is 0 Å². The van der Waals surface area contributed by atoms with Gasteiger partial charge in [-0.1, -0.05) is 23.5 Å². The summed E-state index contributed by atoms with van der Waals surface area (Å²) in [7, 11) is 3.40. The van der Waals surface area contributed by atoms with Crippen LogP contribution in [0.1, 0.15) is 18.4 Å². The average Bonchev–Trinajstić information content (AvgIpc) is 3.40. The first-order valence-corrected chi connectivity index (χ1v) is 10.6. The molecule has 3 aromatic rings. The number of benzene rings is 2. The van der Waals surface area contributed by atoms with Crippen LogP contribution in [0.3, 0.4) is 0 Å². The zero-order valence-electron chi connectivity index (χ0n) is 16.6. The Kier molecular flexibility index (Phi) is 5.98. The molecule has 0 radical (unpaired) electrons. The zero-order valence-corrected chi connectivity index (χ0v) is 17.4. The van der Waals surface area contributed by atoms with Crippen LogP contribution in [0.5, 0.6) is 11.5 Å². The smallest absolute Gasteiger partial charge is 0.186 e. The topological polar surface area (TPSA) is 37.8 Å². The number of hydrogen-bond donors (Lipinski definition) is 0. The fourth-order valence-electron chi connectivity index (χ4n) is 3.62. The van der Waals surface area contributed by atoms with Gasteiger partial charge in [-0.05, 0) is 61.8 Å². The highest BCUT2D eigenvalue weighted by molar-refractivity contribution is 7.22. The summed E-state index contributed by atoms with van der Waals surface area (Å²) >= 11 is 1.74. The normalized spacial score (nSPS) is 14.5. The lowest BCUT2D eigenvalue weighted by atomic mass is 10.2. The van der Waals surface area contributed by atoms with Crippen molar-refractivity contribution >= 4 is 26.7 Å². The Balaban J connectivity index is 1.57. The van der Waals surface area contributed by atoms with E-state index in [4.69, 9.17) is 14.5 Å². The van der Waals surface area contributed by atoms with Crippen molar-refractivity contribution in [2.75, 3.05) is 45.3 Å². The van der Waals surface area contributed by atoms with Crippen molar-refractivity contribution in [3.8, 4) is 11.5 Å². The van der Waals surface area contributed by atoms with Gasteiger partial charge in [0.25, 0.3) is 0 Å². The number of aromatic nitrogens is 1. The van der Waals surface area contributed by atoms with Gasteiger partial charge in [0.1, 0.15) is 11.5 Å². The summed E-state index contributed by atoms with van der Waals surface area (Å²) in [6, 6.07) is 14.4. The number of rotatable bonds is 8. The molecule has 6 heteroatoms. The maximum Gasteiger partial charge on any atom is 0.186 e. The number of thiazole rings is 1. The summed E-state index contributed by atoms with van der Waals surface area (Å²) in [5, 5.41) is 1.07. The largest absolute Gasteiger partial charge is 0.497 e. The molecule has 2 aromatic carbocycles. The fourth-order valence-corrected chi connectivity index (χ4v) is 4.64. The Hall–Kier alpha value is -2.31. The van der Waals surface area contributed by atoms with Crippen LogP contribution in [0.2, 0.25) is 0 Å². The summed E-state index contributed by atoms with van der Waals surface area (Å²) in [5.74, 6) is 1.76. The Labute approximate surface area is 170 Å². The van der Waals surface area contributed by atoms with Gasteiger partial charge in [-0.3, -0.25) is 0 Å². The summed E-state index contributed by atoms with van der Waals surface area (Å²) in [6.45, 7) is 5.33. The predicted molar refractivity (Wildman–Crippen MR) is 116 cm³/mol. The van der Waals surface area contributed by atoms with Crippen LogP contribution in [0, 0.1) is 0 Å². The molecular weight excluding hydrogens is 370 g/mol. The lowest BCUT2D eigenvalue weighted by Crippen LogP contribution is -2.33. The van der Waals surface area contributed by atoms with Crippen LogP contribution < -0.4 is 14.4 Å². The highest BCUT2D eigenvalue weighted by Crippen LogP contribution is 2.32. The Morgan fingerprint density at radius 2 is 1.71 bits per heavy atom. The van der Waals surface area contributed by atoms with Gasteiger partial charge in [0, 0.05) is 19.6 Å². The molecule has 28 heavy (non-hydrogen) atoms.